The first-order valence-electron chi connectivity index (χ1n) is 10.6. The van der Waals surface area contributed by atoms with Crippen LogP contribution < -0.4 is 5.32 Å². The van der Waals surface area contributed by atoms with Gasteiger partial charge in [0.15, 0.2) is 11.0 Å². The summed E-state index contributed by atoms with van der Waals surface area (Å²) in [4.78, 5) is 17.1. The third-order valence-corrected chi connectivity index (χ3v) is 6.28. The molecule has 2 aromatic carbocycles. The van der Waals surface area contributed by atoms with Crippen LogP contribution in [0.1, 0.15) is 31.0 Å². The molecule has 0 fully saturated rings. The number of amides is 1. The lowest BCUT2D eigenvalue weighted by atomic mass is 10.1. The van der Waals surface area contributed by atoms with Crippen LogP contribution in [0, 0.1) is 5.82 Å². The van der Waals surface area contributed by atoms with Crippen molar-refractivity contribution in [3.8, 4) is 11.4 Å². The minimum atomic E-state index is -0.409. The molecule has 4 rings (SSSR count). The normalized spacial score (nSPS) is 12.8. The van der Waals surface area contributed by atoms with Crippen LogP contribution in [0.4, 0.5) is 4.39 Å². The quantitative estimate of drug-likeness (QED) is 0.379. The van der Waals surface area contributed by atoms with Crippen LogP contribution in [0.3, 0.4) is 0 Å². The third-order valence-electron chi connectivity index (χ3n) is 5.20. The highest BCUT2D eigenvalue weighted by molar-refractivity contribution is 8.00. The molecule has 2 heterocycles. The number of benzene rings is 2. The van der Waals surface area contributed by atoms with Crippen molar-refractivity contribution in [2.45, 2.75) is 36.8 Å². The van der Waals surface area contributed by atoms with E-state index in [4.69, 9.17) is 0 Å². The van der Waals surface area contributed by atoms with Crippen LogP contribution >= 0.6 is 11.8 Å². The van der Waals surface area contributed by atoms with Gasteiger partial charge < -0.3 is 5.32 Å². The van der Waals surface area contributed by atoms with Crippen molar-refractivity contribution in [1.82, 2.24) is 25.1 Å². The highest BCUT2D eigenvalue weighted by Crippen LogP contribution is 2.28. The summed E-state index contributed by atoms with van der Waals surface area (Å²) in [5.74, 6) is 0.263. The van der Waals surface area contributed by atoms with Crippen LogP contribution in [-0.4, -0.2) is 30.9 Å². The van der Waals surface area contributed by atoms with Crippen molar-refractivity contribution >= 4 is 17.7 Å². The number of carbonyl (C=O) groups is 1. The number of thioether (sulfide) groups is 1. The van der Waals surface area contributed by atoms with Crippen molar-refractivity contribution in [2.24, 2.45) is 0 Å². The van der Waals surface area contributed by atoms with Gasteiger partial charge in [-0.15, -0.1) is 10.2 Å². The predicted molar refractivity (Wildman–Crippen MR) is 127 cm³/mol. The molecule has 0 aliphatic heterocycles. The topological polar surface area (TPSA) is 72.7 Å². The molecule has 0 bridgehead atoms. The Morgan fingerprint density at radius 2 is 1.79 bits per heavy atom. The second-order valence-electron chi connectivity index (χ2n) is 7.66. The van der Waals surface area contributed by atoms with Gasteiger partial charge in [0.1, 0.15) is 5.82 Å². The molecule has 0 saturated heterocycles. The fourth-order valence-corrected chi connectivity index (χ4v) is 4.23. The van der Waals surface area contributed by atoms with Gasteiger partial charge in [0.05, 0.1) is 17.8 Å². The summed E-state index contributed by atoms with van der Waals surface area (Å²) in [6.45, 7) is 4.28. The summed E-state index contributed by atoms with van der Waals surface area (Å²) in [6, 6.07) is 19.7. The van der Waals surface area contributed by atoms with E-state index in [1.807, 2.05) is 60.9 Å². The van der Waals surface area contributed by atoms with Gasteiger partial charge >= 0.3 is 0 Å². The lowest BCUT2D eigenvalue weighted by Gasteiger charge is -2.18. The molecule has 1 amide bonds. The van der Waals surface area contributed by atoms with Gasteiger partial charge in [-0.1, -0.05) is 54.2 Å². The average Bonchev–Trinajstić information content (AvgIpc) is 3.22. The molecule has 0 radical (unpaired) electrons. The Balaban J connectivity index is 1.53. The maximum atomic E-state index is 13.2. The number of nitrogens with one attached hydrogen (secondary N) is 1. The average molecular weight is 462 g/mol. The van der Waals surface area contributed by atoms with E-state index in [1.165, 1.54) is 23.9 Å². The summed E-state index contributed by atoms with van der Waals surface area (Å²) in [6.07, 6.45) is 3.46. The van der Waals surface area contributed by atoms with E-state index < -0.39 is 5.25 Å². The molecular weight excluding hydrogens is 437 g/mol. The number of hydrogen-bond donors (Lipinski definition) is 1. The Hall–Kier alpha value is -3.52. The molecule has 0 aliphatic carbocycles. The fourth-order valence-electron chi connectivity index (χ4n) is 3.37. The molecular formula is C25H24FN5OS. The second-order valence-corrected chi connectivity index (χ2v) is 8.97. The van der Waals surface area contributed by atoms with Gasteiger partial charge in [0, 0.05) is 18.0 Å². The number of carbonyl (C=O) groups excluding carboxylic acids is 1. The van der Waals surface area contributed by atoms with Crippen molar-refractivity contribution in [2.75, 3.05) is 0 Å². The van der Waals surface area contributed by atoms with E-state index in [0.29, 0.717) is 17.5 Å². The Bertz CT molecular complexity index is 1200. The Kier molecular flexibility index (Phi) is 7.14. The van der Waals surface area contributed by atoms with Crippen LogP contribution in [0.15, 0.2) is 84.3 Å². The summed E-state index contributed by atoms with van der Waals surface area (Å²) >= 11 is 1.35. The first-order valence-corrected chi connectivity index (χ1v) is 11.5. The standard InChI is InChI=1S/C25H24FN5OS/c1-17(20-10-12-22(26)13-11-20)28-24(32)18(2)33-25-30-29-23(21-9-6-14-27-15-21)31(25)16-19-7-4-3-5-8-19/h3-15,17-18H,16H2,1-2H3,(H,28,32)/t17-,18-/m1/s1. The number of halogens is 1. The van der Waals surface area contributed by atoms with E-state index in [9.17, 15) is 9.18 Å². The number of hydrogen-bond acceptors (Lipinski definition) is 5. The number of nitrogens with zero attached hydrogens (tertiary/aromatic N) is 4. The molecule has 0 spiro atoms. The van der Waals surface area contributed by atoms with Crippen LogP contribution in [0.5, 0.6) is 0 Å². The summed E-state index contributed by atoms with van der Waals surface area (Å²) in [5, 5.41) is 12.0. The van der Waals surface area contributed by atoms with Crippen molar-refractivity contribution in [3.63, 3.8) is 0 Å². The number of aromatic nitrogens is 4. The molecule has 8 heteroatoms. The van der Waals surface area contributed by atoms with Crippen molar-refractivity contribution < 1.29 is 9.18 Å². The highest BCUT2D eigenvalue weighted by atomic mass is 32.2. The number of pyridine rings is 1. The van der Waals surface area contributed by atoms with Crippen LogP contribution in [0.2, 0.25) is 0 Å². The zero-order valence-corrected chi connectivity index (χ0v) is 19.2. The van der Waals surface area contributed by atoms with E-state index in [2.05, 4.69) is 20.5 Å². The smallest absolute Gasteiger partial charge is 0.233 e. The molecule has 4 aromatic rings. The molecule has 2 atom stereocenters. The van der Waals surface area contributed by atoms with Crippen molar-refractivity contribution in [1.29, 1.82) is 0 Å². The molecule has 0 saturated carbocycles. The Labute approximate surface area is 196 Å². The maximum Gasteiger partial charge on any atom is 0.233 e. The molecule has 6 nitrogen and oxygen atoms in total. The van der Waals surface area contributed by atoms with Crippen LogP contribution in [0.25, 0.3) is 11.4 Å². The monoisotopic (exact) mass is 461 g/mol. The molecule has 168 valence electrons. The molecule has 0 aliphatic rings. The predicted octanol–water partition coefficient (Wildman–Crippen LogP) is 4.89. The minimum absolute atomic E-state index is 0.131. The molecule has 2 aromatic heterocycles. The van der Waals surface area contributed by atoms with Gasteiger partial charge in [-0.3, -0.25) is 14.3 Å². The first-order chi connectivity index (χ1) is 16.0. The molecule has 33 heavy (non-hydrogen) atoms. The summed E-state index contributed by atoms with van der Waals surface area (Å²) < 4.78 is 15.2. The Morgan fingerprint density at radius 1 is 1.03 bits per heavy atom. The minimum Gasteiger partial charge on any atom is -0.349 e. The van der Waals surface area contributed by atoms with Crippen molar-refractivity contribution in [3.05, 3.63) is 96.1 Å². The van der Waals surface area contributed by atoms with Gasteiger partial charge in [0.25, 0.3) is 0 Å². The zero-order chi connectivity index (χ0) is 23.2. The summed E-state index contributed by atoms with van der Waals surface area (Å²) in [7, 11) is 0. The lowest BCUT2D eigenvalue weighted by molar-refractivity contribution is -0.120. The lowest BCUT2D eigenvalue weighted by Crippen LogP contribution is -2.33. The van der Waals surface area contributed by atoms with Gasteiger partial charge in [0.2, 0.25) is 5.91 Å². The van der Waals surface area contributed by atoms with Crippen LogP contribution in [-0.2, 0) is 11.3 Å². The highest BCUT2D eigenvalue weighted by Gasteiger charge is 2.22. The SMILES string of the molecule is C[C@@H](Sc1nnc(-c2cccnc2)n1Cc1ccccc1)C(=O)N[C@H](C)c1ccc(F)cc1. The summed E-state index contributed by atoms with van der Waals surface area (Å²) in [5.41, 5.74) is 2.80. The zero-order valence-electron chi connectivity index (χ0n) is 18.4. The van der Waals surface area contributed by atoms with E-state index in [-0.39, 0.29) is 17.8 Å². The Morgan fingerprint density at radius 3 is 2.48 bits per heavy atom. The maximum absolute atomic E-state index is 13.2. The van der Waals surface area contributed by atoms with E-state index >= 15 is 0 Å². The molecule has 1 N–H and O–H groups in total. The third kappa shape index (κ3) is 5.64. The van der Waals surface area contributed by atoms with Gasteiger partial charge in [-0.05, 0) is 49.2 Å². The van der Waals surface area contributed by atoms with Gasteiger partial charge in [-0.2, -0.15) is 0 Å². The first kappa shape index (κ1) is 22.7. The van der Waals surface area contributed by atoms with E-state index in [0.717, 1.165) is 16.7 Å². The molecule has 0 unspecified atom stereocenters. The van der Waals surface area contributed by atoms with E-state index in [1.54, 1.807) is 24.5 Å². The largest absolute Gasteiger partial charge is 0.349 e. The van der Waals surface area contributed by atoms with Gasteiger partial charge in [-0.25, -0.2) is 4.39 Å². The fraction of sp³-hybridized carbons (Fsp3) is 0.200. The number of rotatable bonds is 8. The second kappa shape index (κ2) is 10.4.